The molecule has 0 aliphatic heterocycles. The van der Waals surface area contributed by atoms with Gasteiger partial charge in [0.2, 0.25) is 0 Å². The molecular formula is C20H22N2O. The summed E-state index contributed by atoms with van der Waals surface area (Å²) in [4.78, 5) is 4.50. The number of hydrogen-bond donors (Lipinski definition) is 0. The zero-order chi connectivity index (χ0) is 15.8. The van der Waals surface area contributed by atoms with Crippen molar-refractivity contribution >= 4 is 11.0 Å². The number of rotatable bonds is 4. The van der Waals surface area contributed by atoms with Crippen LogP contribution in [0, 0.1) is 13.8 Å². The van der Waals surface area contributed by atoms with E-state index in [1.165, 1.54) is 47.0 Å². The van der Waals surface area contributed by atoms with Crippen LogP contribution in [0.15, 0.2) is 36.7 Å². The summed E-state index contributed by atoms with van der Waals surface area (Å²) in [6.45, 7) is 5.76. The zero-order valence-electron chi connectivity index (χ0n) is 13.8. The van der Waals surface area contributed by atoms with Crippen LogP contribution in [0.3, 0.4) is 0 Å². The Kier molecular flexibility index (Phi) is 3.56. The summed E-state index contributed by atoms with van der Waals surface area (Å²) in [5.41, 5.74) is 7.79. The van der Waals surface area contributed by atoms with E-state index in [9.17, 15) is 0 Å². The highest BCUT2D eigenvalue weighted by molar-refractivity contribution is 5.77. The molecule has 0 bridgehead atoms. The van der Waals surface area contributed by atoms with Crippen LogP contribution in [-0.4, -0.2) is 16.2 Å². The predicted molar refractivity (Wildman–Crippen MR) is 93.2 cm³/mol. The number of benzene rings is 2. The molecule has 3 nitrogen and oxygen atoms in total. The van der Waals surface area contributed by atoms with Gasteiger partial charge in [-0.3, -0.25) is 0 Å². The molecule has 0 saturated heterocycles. The summed E-state index contributed by atoms with van der Waals surface area (Å²) < 4.78 is 8.13. The number of aryl methyl sites for hydroxylation is 4. The molecule has 0 radical (unpaired) electrons. The molecule has 4 rings (SSSR count). The first-order valence-electron chi connectivity index (χ1n) is 8.37. The Morgan fingerprint density at radius 2 is 1.87 bits per heavy atom. The first-order chi connectivity index (χ1) is 11.2. The van der Waals surface area contributed by atoms with Gasteiger partial charge in [0, 0.05) is 0 Å². The fraction of sp³-hybridized carbons (Fsp3) is 0.350. The van der Waals surface area contributed by atoms with Gasteiger partial charge in [-0.15, -0.1) is 0 Å². The van der Waals surface area contributed by atoms with Crippen molar-refractivity contribution < 1.29 is 4.74 Å². The summed E-state index contributed by atoms with van der Waals surface area (Å²) >= 11 is 0. The van der Waals surface area contributed by atoms with Crippen molar-refractivity contribution in [1.29, 1.82) is 0 Å². The van der Waals surface area contributed by atoms with Crippen molar-refractivity contribution in [2.75, 3.05) is 6.61 Å². The Morgan fingerprint density at radius 3 is 2.78 bits per heavy atom. The van der Waals surface area contributed by atoms with Crippen molar-refractivity contribution in [2.24, 2.45) is 0 Å². The maximum absolute atomic E-state index is 5.96. The summed E-state index contributed by atoms with van der Waals surface area (Å²) in [5, 5.41) is 0. The zero-order valence-corrected chi connectivity index (χ0v) is 13.8. The lowest BCUT2D eigenvalue weighted by molar-refractivity contribution is 0.300. The molecule has 0 N–H and O–H groups in total. The molecule has 3 heteroatoms. The van der Waals surface area contributed by atoms with Crippen LogP contribution in [0.4, 0.5) is 0 Å². The molecule has 1 aliphatic carbocycles. The van der Waals surface area contributed by atoms with Crippen LogP contribution < -0.4 is 4.74 Å². The first kappa shape index (κ1) is 14.3. The fourth-order valence-corrected chi connectivity index (χ4v) is 3.39. The van der Waals surface area contributed by atoms with E-state index in [0.29, 0.717) is 6.61 Å². The Bertz CT molecular complexity index is 863. The maximum Gasteiger partial charge on any atom is 0.119 e. The Labute approximate surface area is 136 Å². The molecular weight excluding hydrogens is 284 g/mol. The lowest BCUT2D eigenvalue weighted by Gasteiger charge is -2.10. The van der Waals surface area contributed by atoms with Gasteiger partial charge in [-0.05, 0) is 79.6 Å². The monoisotopic (exact) mass is 306 g/mol. The van der Waals surface area contributed by atoms with Crippen molar-refractivity contribution in [1.82, 2.24) is 9.55 Å². The highest BCUT2D eigenvalue weighted by Gasteiger charge is 2.11. The van der Waals surface area contributed by atoms with Crippen LogP contribution in [0.2, 0.25) is 0 Å². The second kappa shape index (κ2) is 5.73. The number of fused-ring (bicyclic) bond motifs is 2. The Balaban J connectivity index is 1.46. The molecule has 3 aromatic rings. The largest absolute Gasteiger partial charge is 0.492 e. The van der Waals surface area contributed by atoms with Crippen LogP contribution in [-0.2, 0) is 19.4 Å². The minimum Gasteiger partial charge on any atom is -0.492 e. The Hall–Kier alpha value is -2.29. The van der Waals surface area contributed by atoms with E-state index in [-0.39, 0.29) is 0 Å². The molecule has 118 valence electrons. The molecule has 23 heavy (non-hydrogen) atoms. The molecule has 0 saturated carbocycles. The maximum atomic E-state index is 5.96. The van der Waals surface area contributed by atoms with Crippen molar-refractivity contribution in [3.05, 3.63) is 58.9 Å². The van der Waals surface area contributed by atoms with Crippen LogP contribution in [0.1, 0.15) is 28.7 Å². The van der Waals surface area contributed by atoms with E-state index in [2.05, 4.69) is 53.7 Å². The predicted octanol–water partition coefficient (Wildman–Crippen LogP) is 4.22. The first-order valence-corrected chi connectivity index (χ1v) is 8.37. The molecule has 0 fully saturated rings. The summed E-state index contributed by atoms with van der Waals surface area (Å²) in [6.07, 6.45) is 5.60. The van der Waals surface area contributed by atoms with E-state index in [4.69, 9.17) is 4.74 Å². The van der Waals surface area contributed by atoms with Gasteiger partial charge in [0.1, 0.15) is 12.4 Å². The number of hydrogen-bond acceptors (Lipinski definition) is 2. The summed E-state index contributed by atoms with van der Waals surface area (Å²) in [7, 11) is 0. The van der Waals surface area contributed by atoms with Crippen LogP contribution in [0.5, 0.6) is 5.75 Å². The number of nitrogens with zero attached hydrogens (tertiary/aromatic N) is 2. The summed E-state index contributed by atoms with van der Waals surface area (Å²) in [5.74, 6) is 0.988. The standard InChI is InChI=1S/C20H22N2O/c1-14-10-19-20(11-15(14)2)22(13-21-19)8-9-23-18-7-6-16-4-3-5-17(16)12-18/h6-7,10-13H,3-5,8-9H2,1-2H3. The average molecular weight is 306 g/mol. The van der Waals surface area contributed by atoms with Crippen LogP contribution in [0.25, 0.3) is 11.0 Å². The molecule has 1 aromatic heterocycles. The average Bonchev–Trinajstić information content (AvgIpc) is 3.15. The highest BCUT2D eigenvalue weighted by atomic mass is 16.5. The van der Waals surface area contributed by atoms with Gasteiger partial charge in [-0.1, -0.05) is 6.07 Å². The molecule has 0 spiro atoms. The van der Waals surface area contributed by atoms with Crippen molar-refractivity contribution in [2.45, 2.75) is 39.7 Å². The molecule has 0 atom stereocenters. The third kappa shape index (κ3) is 2.72. The third-order valence-electron chi connectivity index (χ3n) is 4.91. The number of imidazole rings is 1. The van der Waals surface area contributed by atoms with E-state index < -0.39 is 0 Å². The molecule has 0 amide bonds. The smallest absolute Gasteiger partial charge is 0.119 e. The molecule has 0 unspecified atom stereocenters. The van der Waals surface area contributed by atoms with Gasteiger partial charge in [0.15, 0.2) is 0 Å². The third-order valence-corrected chi connectivity index (χ3v) is 4.91. The van der Waals surface area contributed by atoms with Crippen molar-refractivity contribution in [3.8, 4) is 5.75 Å². The van der Waals surface area contributed by atoms with Gasteiger partial charge < -0.3 is 9.30 Å². The minimum atomic E-state index is 0.664. The Morgan fingerprint density at radius 1 is 1.04 bits per heavy atom. The molecule has 1 heterocycles. The lowest BCUT2D eigenvalue weighted by atomic mass is 10.1. The van der Waals surface area contributed by atoms with Crippen molar-refractivity contribution in [3.63, 3.8) is 0 Å². The van der Waals surface area contributed by atoms with E-state index >= 15 is 0 Å². The van der Waals surface area contributed by atoms with Gasteiger partial charge >= 0.3 is 0 Å². The second-order valence-electron chi connectivity index (χ2n) is 6.50. The van der Waals surface area contributed by atoms with E-state index in [0.717, 1.165) is 17.8 Å². The molecule has 1 aliphatic rings. The number of ether oxygens (including phenoxy) is 1. The van der Waals surface area contributed by atoms with Gasteiger partial charge in [0.05, 0.1) is 23.9 Å². The normalized spacial score (nSPS) is 13.5. The quantitative estimate of drug-likeness (QED) is 0.721. The SMILES string of the molecule is Cc1cc2ncn(CCOc3ccc4c(c3)CCC4)c2cc1C. The fourth-order valence-electron chi connectivity index (χ4n) is 3.39. The lowest BCUT2D eigenvalue weighted by Crippen LogP contribution is -2.07. The highest BCUT2D eigenvalue weighted by Crippen LogP contribution is 2.26. The minimum absolute atomic E-state index is 0.664. The second-order valence-corrected chi connectivity index (χ2v) is 6.50. The topological polar surface area (TPSA) is 27.1 Å². The van der Waals surface area contributed by atoms with Gasteiger partial charge in [-0.25, -0.2) is 4.98 Å². The number of aromatic nitrogens is 2. The van der Waals surface area contributed by atoms with Crippen LogP contribution >= 0.6 is 0 Å². The summed E-state index contributed by atoms with van der Waals surface area (Å²) in [6, 6.07) is 10.9. The van der Waals surface area contributed by atoms with Gasteiger partial charge in [0.25, 0.3) is 0 Å². The molecule has 2 aromatic carbocycles. The van der Waals surface area contributed by atoms with E-state index in [1.54, 1.807) is 0 Å². The van der Waals surface area contributed by atoms with Gasteiger partial charge in [-0.2, -0.15) is 0 Å². The van der Waals surface area contributed by atoms with E-state index in [1.807, 2.05) is 6.33 Å².